The summed E-state index contributed by atoms with van der Waals surface area (Å²) in [5.74, 6) is 0.484. The van der Waals surface area contributed by atoms with Crippen LogP contribution in [0.3, 0.4) is 0 Å². The molecule has 0 saturated carbocycles. The van der Waals surface area contributed by atoms with Crippen molar-refractivity contribution in [3.8, 4) is 78.7 Å². The zero-order chi connectivity index (χ0) is 50.6. The predicted octanol–water partition coefficient (Wildman–Crippen LogP) is 16.3. The first kappa shape index (κ1) is 26.6. The van der Waals surface area contributed by atoms with Crippen molar-refractivity contribution >= 4 is 63.0 Å². The van der Waals surface area contributed by atoms with Crippen LogP contribution in [0.2, 0.25) is 0 Å². The third-order valence-electron chi connectivity index (χ3n) is 10.9. The lowest BCUT2D eigenvalue weighted by Crippen LogP contribution is -2.00. The highest BCUT2D eigenvalue weighted by atomic mass is 32.1. The van der Waals surface area contributed by atoms with Gasteiger partial charge in [-0.15, -0.1) is 22.7 Å². The molecule has 0 aliphatic rings. The minimum absolute atomic E-state index is 0.00240. The van der Waals surface area contributed by atoms with E-state index in [0.717, 1.165) is 43.9 Å². The predicted molar refractivity (Wildman–Crippen MR) is 264 cm³/mol. The highest BCUT2D eigenvalue weighted by Gasteiger charge is 2.17. The van der Waals surface area contributed by atoms with E-state index in [1.54, 1.807) is 11.3 Å². The number of aromatic nitrogens is 3. The normalized spacial score (nSPS) is 14.0. The van der Waals surface area contributed by atoms with E-state index in [2.05, 4.69) is 60.7 Å². The molecule has 62 heavy (non-hydrogen) atoms. The van der Waals surface area contributed by atoms with Crippen LogP contribution >= 0.6 is 22.7 Å². The molecule has 0 N–H and O–H groups in total. The Morgan fingerprint density at radius 3 is 1.45 bits per heavy atom. The first-order valence-electron chi connectivity index (χ1n) is 25.4. The molecule has 290 valence electrons. The van der Waals surface area contributed by atoms with Crippen LogP contribution in [0.1, 0.15) is 15.1 Å². The second kappa shape index (κ2) is 15.2. The molecule has 0 bridgehead atoms. The van der Waals surface area contributed by atoms with Crippen molar-refractivity contribution in [1.29, 1.82) is 0 Å². The van der Waals surface area contributed by atoms with Gasteiger partial charge in [-0.1, -0.05) is 194 Å². The average molecular weight is 837 g/mol. The van der Waals surface area contributed by atoms with Crippen molar-refractivity contribution < 1.29 is 15.1 Å². The third-order valence-corrected chi connectivity index (χ3v) is 13.2. The highest BCUT2D eigenvalue weighted by molar-refractivity contribution is 7.27. The van der Waals surface area contributed by atoms with E-state index in [1.807, 2.05) is 84.9 Å². The van der Waals surface area contributed by atoms with Crippen LogP contribution in [0.5, 0.6) is 0 Å². The van der Waals surface area contributed by atoms with Crippen molar-refractivity contribution in [2.75, 3.05) is 0 Å². The minimum Gasteiger partial charge on any atom is -0.208 e. The van der Waals surface area contributed by atoms with Gasteiger partial charge in [-0.05, 0) is 62.6 Å². The van der Waals surface area contributed by atoms with Gasteiger partial charge in [0.25, 0.3) is 0 Å². The van der Waals surface area contributed by atoms with Crippen LogP contribution in [0, 0.1) is 0 Å². The second-order valence-corrected chi connectivity index (χ2v) is 16.7. The van der Waals surface area contributed by atoms with Crippen molar-refractivity contribution in [2.45, 2.75) is 0 Å². The number of hydrogen-bond donors (Lipinski definition) is 0. The molecular formula is C57H35N3S2. The van der Waals surface area contributed by atoms with Crippen molar-refractivity contribution in [2.24, 2.45) is 0 Å². The fraction of sp³-hybridized carbons (Fsp3) is 0. The molecule has 12 aromatic rings. The first-order valence-corrected chi connectivity index (χ1v) is 21.5. The summed E-state index contributed by atoms with van der Waals surface area (Å²) in [5, 5.41) is 2.32. The molecule has 3 heterocycles. The van der Waals surface area contributed by atoms with Crippen LogP contribution < -0.4 is 0 Å². The van der Waals surface area contributed by atoms with E-state index in [9.17, 15) is 5.48 Å². The average Bonchev–Trinajstić information content (AvgIpc) is 4.04. The van der Waals surface area contributed by atoms with Gasteiger partial charge in [-0.3, -0.25) is 0 Å². The van der Waals surface area contributed by atoms with Crippen LogP contribution in [0.25, 0.3) is 119 Å². The first-order chi connectivity index (χ1) is 35.3. The Labute approximate surface area is 382 Å². The minimum atomic E-state index is -0.661. The van der Waals surface area contributed by atoms with Gasteiger partial charge in [0.2, 0.25) is 0 Å². The Morgan fingerprint density at radius 2 is 0.823 bits per heavy atom. The molecule has 0 radical (unpaired) electrons. The molecule has 3 aromatic heterocycles. The molecule has 0 aliphatic heterocycles. The molecule has 0 unspecified atom stereocenters. The Hall–Kier alpha value is -7.57. The molecule has 0 atom stereocenters. The van der Waals surface area contributed by atoms with Gasteiger partial charge in [0.15, 0.2) is 17.5 Å². The lowest BCUT2D eigenvalue weighted by molar-refractivity contribution is 1.07. The number of hydrogen-bond acceptors (Lipinski definition) is 5. The van der Waals surface area contributed by atoms with Crippen molar-refractivity contribution in [3.63, 3.8) is 0 Å². The van der Waals surface area contributed by atoms with Crippen LogP contribution in [0.15, 0.2) is 212 Å². The van der Waals surface area contributed by atoms with Gasteiger partial charge in [0.1, 0.15) is 0 Å². The summed E-state index contributed by atoms with van der Waals surface area (Å²) in [6, 6.07) is 43.0. The lowest BCUT2D eigenvalue weighted by Gasteiger charge is -2.10. The maximum atomic E-state index is 9.68. The number of fused-ring (bicyclic) bond motifs is 6. The molecule has 0 spiro atoms. The van der Waals surface area contributed by atoms with Crippen molar-refractivity contribution in [3.05, 3.63) is 212 Å². The molecule has 5 heteroatoms. The highest BCUT2D eigenvalue weighted by Crippen LogP contribution is 2.44. The van der Waals surface area contributed by atoms with E-state index in [1.165, 1.54) is 21.0 Å². The lowest BCUT2D eigenvalue weighted by atomic mass is 9.99. The standard InChI is InChI=1S/C57H35N3S2/c1-4-12-36(13-5-1)38-22-26-41(27-23-38)55-58-56(60-57(59-55)44-30-32-47-50-34-43(37-14-6-2-7-15-37)31-33-51(50)61-52(47)35-44)42-28-24-40(25-29-42)46-19-11-21-49-48-20-10-18-45(53(48)62-54(46)49)39-16-8-3-9-17-39/h1-35H/i2D,6D,7D,14D,15D,30D,31D,32D,33D,34D,35D. The monoisotopic (exact) mass is 836 g/mol. The van der Waals surface area contributed by atoms with E-state index >= 15 is 0 Å². The SMILES string of the molecule is [2H]c1c([2H])c([2H])c(-c2c([2H])c([2H])c3sc4c([2H])c(-c5nc(-c6ccc(-c7ccccc7)cc6)nc(-c6ccc(-c7cccc8c7sc7c(-c9ccccc9)cccc78)cc6)n5)c([2H])c([2H])c4c3c2[2H])c([2H])c1[2H]. The summed E-state index contributed by atoms with van der Waals surface area (Å²) < 4.78 is 101. The van der Waals surface area contributed by atoms with Gasteiger partial charge in [-0.2, -0.15) is 0 Å². The molecule has 0 saturated heterocycles. The topological polar surface area (TPSA) is 38.7 Å². The number of benzene rings is 9. The summed E-state index contributed by atoms with van der Waals surface area (Å²) in [5.41, 5.74) is 6.80. The second-order valence-electron chi connectivity index (χ2n) is 14.7. The number of thiophene rings is 2. The van der Waals surface area contributed by atoms with Gasteiger partial charge in [0, 0.05) is 57.0 Å². The van der Waals surface area contributed by atoms with E-state index in [0.29, 0.717) is 11.1 Å². The van der Waals surface area contributed by atoms with Crippen molar-refractivity contribution in [1.82, 2.24) is 15.0 Å². The summed E-state index contributed by atoms with van der Waals surface area (Å²) in [7, 11) is 0. The summed E-state index contributed by atoms with van der Waals surface area (Å²) >= 11 is 2.68. The van der Waals surface area contributed by atoms with Crippen LogP contribution in [-0.4, -0.2) is 15.0 Å². The molecule has 9 aromatic carbocycles. The van der Waals surface area contributed by atoms with E-state index in [-0.39, 0.29) is 54.8 Å². The van der Waals surface area contributed by atoms with Crippen LogP contribution in [-0.2, 0) is 0 Å². The smallest absolute Gasteiger partial charge is 0.164 e. The van der Waals surface area contributed by atoms with Gasteiger partial charge < -0.3 is 0 Å². The Kier molecular flexibility index (Phi) is 6.50. The largest absolute Gasteiger partial charge is 0.208 e. The summed E-state index contributed by atoms with van der Waals surface area (Å²) in [4.78, 5) is 14.8. The number of nitrogens with zero attached hydrogens (tertiary/aromatic N) is 3. The molecule has 0 aliphatic carbocycles. The zero-order valence-corrected chi connectivity index (χ0v) is 34.1. The Morgan fingerprint density at radius 1 is 0.306 bits per heavy atom. The van der Waals surface area contributed by atoms with Crippen LogP contribution in [0.4, 0.5) is 0 Å². The molecule has 12 rings (SSSR count). The van der Waals surface area contributed by atoms with Gasteiger partial charge >= 0.3 is 0 Å². The fourth-order valence-corrected chi connectivity index (χ4v) is 10.2. The zero-order valence-electron chi connectivity index (χ0n) is 43.5. The molecule has 0 fully saturated rings. The Balaban J connectivity index is 1.02. The van der Waals surface area contributed by atoms with Gasteiger partial charge in [0.05, 0.1) is 15.1 Å². The van der Waals surface area contributed by atoms with E-state index in [4.69, 9.17) is 24.5 Å². The fourth-order valence-electron chi connectivity index (χ4n) is 7.88. The molecule has 3 nitrogen and oxygen atoms in total. The third kappa shape index (κ3) is 6.47. The summed E-state index contributed by atoms with van der Waals surface area (Å²) in [6.07, 6.45) is 0. The Bertz CT molecular complexity index is 4230. The maximum absolute atomic E-state index is 9.68. The maximum Gasteiger partial charge on any atom is 0.164 e. The van der Waals surface area contributed by atoms with Gasteiger partial charge in [-0.25, -0.2) is 15.0 Å². The van der Waals surface area contributed by atoms with E-state index < -0.39 is 66.0 Å². The summed E-state index contributed by atoms with van der Waals surface area (Å²) in [6.45, 7) is 0. The quantitative estimate of drug-likeness (QED) is 0.160. The molecule has 0 amide bonds. The molecular weight excluding hydrogens is 791 g/mol. The number of rotatable bonds is 7.